The number of aromatic nitrogens is 2. The second-order valence-electron chi connectivity index (χ2n) is 5.11. The van der Waals surface area contributed by atoms with Gasteiger partial charge in [0.2, 0.25) is 0 Å². The van der Waals surface area contributed by atoms with E-state index in [0.29, 0.717) is 0 Å². The van der Waals surface area contributed by atoms with E-state index in [2.05, 4.69) is 59.0 Å². The molecule has 0 radical (unpaired) electrons. The van der Waals surface area contributed by atoms with Crippen molar-refractivity contribution in [2.75, 3.05) is 0 Å². The molecule has 116 valence electrons. The molecule has 5 nitrogen and oxygen atoms in total. The predicted octanol–water partition coefficient (Wildman–Crippen LogP) is 2.99. The van der Waals surface area contributed by atoms with Gasteiger partial charge in [0.1, 0.15) is 0 Å². The molecule has 3 N–H and O–H groups in total. The minimum atomic E-state index is 0.755. The standard InChI is InChI=1S/C14H15N5.C3H8/c1-10-7-18-19-9-14(10)17-8-11-2-3-12-13(6-11)16-5-4-15-12;1-3-2/h2-7,9,17-19H,8H2,1H3;3H2,1-2H3. The smallest absolute Gasteiger partial charge is 0.0890 e. The van der Waals surface area contributed by atoms with Gasteiger partial charge in [-0.25, -0.2) is 0 Å². The first-order valence-corrected chi connectivity index (χ1v) is 7.56. The van der Waals surface area contributed by atoms with Crippen molar-refractivity contribution in [1.82, 2.24) is 26.1 Å². The highest BCUT2D eigenvalue weighted by Gasteiger charge is 2.04. The Bertz CT molecular complexity index is 676. The molecule has 0 saturated heterocycles. The van der Waals surface area contributed by atoms with E-state index in [1.54, 1.807) is 12.4 Å². The van der Waals surface area contributed by atoms with Crippen LogP contribution in [0, 0.1) is 0 Å². The number of nitrogens with one attached hydrogen (secondary N) is 3. The Labute approximate surface area is 131 Å². The maximum absolute atomic E-state index is 4.31. The van der Waals surface area contributed by atoms with Crippen molar-refractivity contribution < 1.29 is 0 Å². The number of benzene rings is 1. The highest BCUT2D eigenvalue weighted by Crippen LogP contribution is 2.12. The average molecular weight is 297 g/mol. The fraction of sp³-hybridized carbons (Fsp3) is 0.294. The van der Waals surface area contributed by atoms with Crippen molar-refractivity contribution >= 4 is 11.0 Å². The lowest BCUT2D eigenvalue weighted by Crippen LogP contribution is -2.29. The molecule has 22 heavy (non-hydrogen) atoms. The minimum Gasteiger partial charge on any atom is -0.379 e. The summed E-state index contributed by atoms with van der Waals surface area (Å²) in [6, 6.07) is 6.12. The Kier molecular flexibility index (Phi) is 5.77. The van der Waals surface area contributed by atoms with Crippen LogP contribution in [-0.2, 0) is 6.54 Å². The SMILES string of the molecule is CC1=CNNC=C1NCc1ccc2nccnc2c1.CCC. The first-order chi connectivity index (χ1) is 10.7. The highest BCUT2D eigenvalue weighted by molar-refractivity contribution is 5.74. The van der Waals surface area contributed by atoms with Gasteiger partial charge < -0.3 is 16.2 Å². The molecule has 1 aliphatic rings. The highest BCUT2D eigenvalue weighted by atomic mass is 15.3. The topological polar surface area (TPSA) is 61.9 Å². The fourth-order valence-electron chi connectivity index (χ4n) is 1.96. The summed E-state index contributed by atoms with van der Waals surface area (Å²) in [7, 11) is 0. The van der Waals surface area contributed by atoms with Gasteiger partial charge in [-0.2, -0.15) is 0 Å². The maximum atomic E-state index is 4.31. The van der Waals surface area contributed by atoms with E-state index in [1.165, 1.54) is 17.6 Å². The number of allylic oxidation sites excluding steroid dienone is 1. The van der Waals surface area contributed by atoms with Crippen LogP contribution in [0.3, 0.4) is 0 Å². The Hall–Kier alpha value is -2.56. The van der Waals surface area contributed by atoms with Gasteiger partial charge in [-0.05, 0) is 30.2 Å². The van der Waals surface area contributed by atoms with Crippen molar-refractivity contribution in [3.63, 3.8) is 0 Å². The van der Waals surface area contributed by atoms with E-state index in [0.717, 1.165) is 23.3 Å². The number of hydrogen-bond acceptors (Lipinski definition) is 5. The summed E-state index contributed by atoms with van der Waals surface area (Å²) in [5, 5.41) is 3.39. The summed E-state index contributed by atoms with van der Waals surface area (Å²) in [6.07, 6.45) is 8.51. The molecule has 0 fully saturated rings. The molecule has 0 bridgehead atoms. The number of hydrazine groups is 1. The lowest BCUT2D eigenvalue weighted by atomic mass is 10.1. The van der Waals surface area contributed by atoms with E-state index in [-0.39, 0.29) is 0 Å². The van der Waals surface area contributed by atoms with E-state index in [4.69, 9.17) is 0 Å². The summed E-state index contributed by atoms with van der Waals surface area (Å²) in [5.41, 5.74) is 11.2. The summed E-state index contributed by atoms with van der Waals surface area (Å²) in [5.74, 6) is 0. The van der Waals surface area contributed by atoms with Gasteiger partial charge in [0, 0.05) is 31.3 Å². The van der Waals surface area contributed by atoms with Crippen molar-refractivity contribution in [2.24, 2.45) is 0 Å². The van der Waals surface area contributed by atoms with Crippen LogP contribution in [-0.4, -0.2) is 9.97 Å². The first kappa shape index (κ1) is 15.8. The summed E-state index contributed by atoms with van der Waals surface area (Å²) >= 11 is 0. The number of nitrogens with zero attached hydrogens (tertiary/aromatic N) is 2. The van der Waals surface area contributed by atoms with Crippen LogP contribution >= 0.6 is 0 Å². The molecule has 0 atom stereocenters. The Balaban J connectivity index is 0.000000545. The summed E-state index contributed by atoms with van der Waals surface area (Å²) in [6.45, 7) is 7.06. The largest absolute Gasteiger partial charge is 0.379 e. The molecule has 1 aromatic carbocycles. The van der Waals surface area contributed by atoms with E-state index in [1.807, 2.05) is 18.5 Å². The van der Waals surface area contributed by atoms with Gasteiger partial charge >= 0.3 is 0 Å². The third kappa shape index (κ3) is 4.22. The maximum Gasteiger partial charge on any atom is 0.0890 e. The fourth-order valence-corrected chi connectivity index (χ4v) is 1.96. The van der Waals surface area contributed by atoms with E-state index >= 15 is 0 Å². The first-order valence-electron chi connectivity index (χ1n) is 7.56. The van der Waals surface area contributed by atoms with Gasteiger partial charge in [0.05, 0.1) is 16.7 Å². The van der Waals surface area contributed by atoms with Crippen LogP contribution < -0.4 is 16.2 Å². The molecule has 0 amide bonds. The molecule has 0 aliphatic carbocycles. The van der Waals surface area contributed by atoms with Crippen molar-refractivity contribution in [1.29, 1.82) is 0 Å². The van der Waals surface area contributed by atoms with Gasteiger partial charge in [-0.3, -0.25) is 9.97 Å². The van der Waals surface area contributed by atoms with Crippen molar-refractivity contribution in [3.05, 3.63) is 59.8 Å². The predicted molar refractivity (Wildman–Crippen MR) is 90.5 cm³/mol. The zero-order valence-corrected chi connectivity index (χ0v) is 13.4. The van der Waals surface area contributed by atoms with Gasteiger partial charge in [-0.1, -0.05) is 26.3 Å². The summed E-state index contributed by atoms with van der Waals surface area (Å²) < 4.78 is 0. The quantitative estimate of drug-likeness (QED) is 0.813. The molecule has 1 aliphatic heterocycles. The molecular weight excluding hydrogens is 274 g/mol. The lowest BCUT2D eigenvalue weighted by Gasteiger charge is -2.17. The molecule has 0 spiro atoms. The number of hydrogen-bond donors (Lipinski definition) is 3. The minimum absolute atomic E-state index is 0.755. The summed E-state index contributed by atoms with van der Waals surface area (Å²) in [4.78, 5) is 8.58. The lowest BCUT2D eigenvalue weighted by molar-refractivity contribution is 0.708. The molecular formula is C17H23N5. The van der Waals surface area contributed by atoms with Crippen LogP contribution in [0.4, 0.5) is 0 Å². The third-order valence-electron chi connectivity index (χ3n) is 3.03. The van der Waals surface area contributed by atoms with E-state index in [9.17, 15) is 0 Å². The van der Waals surface area contributed by atoms with Crippen LogP contribution in [0.1, 0.15) is 32.8 Å². The van der Waals surface area contributed by atoms with Gasteiger partial charge in [0.25, 0.3) is 0 Å². The second-order valence-corrected chi connectivity index (χ2v) is 5.11. The molecule has 3 rings (SSSR count). The molecule has 0 saturated carbocycles. The van der Waals surface area contributed by atoms with Gasteiger partial charge in [0.15, 0.2) is 0 Å². The Morgan fingerprint density at radius 2 is 1.68 bits per heavy atom. The molecule has 2 aromatic rings. The molecule has 1 aromatic heterocycles. The molecule has 5 heteroatoms. The van der Waals surface area contributed by atoms with E-state index < -0.39 is 0 Å². The zero-order valence-electron chi connectivity index (χ0n) is 13.4. The van der Waals surface area contributed by atoms with Crippen LogP contribution in [0.25, 0.3) is 11.0 Å². The zero-order chi connectivity index (χ0) is 15.8. The van der Waals surface area contributed by atoms with Crippen LogP contribution in [0.15, 0.2) is 54.3 Å². The number of rotatable bonds is 3. The Morgan fingerprint density at radius 3 is 2.41 bits per heavy atom. The Morgan fingerprint density at radius 1 is 1.00 bits per heavy atom. The van der Waals surface area contributed by atoms with Crippen LogP contribution in [0.2, 0.25) is 0 Å². The van der Waals surface area contributed by atoms with Crippen molar-refractivity contribution in [2.45, 2.75) is 33.7 Å². The van der Waals surface area contributed by atoms with Crippen molar-refractivity contribution in [3.8, 4) is 0 Å². The average Bonchev–Trinajstić information content (AvgIpc) is 2.55. The third-order valence-corrected chi connectivity index (χ3v) is 3.03. The number of fused-ring (bicyclic) bond motifs is 1. The van der Waals surface area contributed by atoms with Crippen LogP contribution in [0.5, 0.6) is 0 Å². The monoisotopic (exact) mass is 297 g/mol. The molecule has 2 heterocycles. The molecule has 0 unspecified atom stereocenters. The normalized spacial score (nSPS) is 13.0. The second kappa shape index (κ2) is 8.02. The van der Waals surface area contributed by atoms with Gasteiger partial charge in [-0.15, -0.1) is 0 Å².